The second-order valence-electron chi connectivity index (χ2n) is 4.78. The van der Waals surface area contributed by atoms with Crippen LogP contribution in [0.1, 0.15) is 5.56 Å². The number of aromatic hydroxyl groups is 1. The van der Waals surface area contributed by atoms with E-state index in [1.54, 1.807) is 31.4 Å². The molecule has 0 unspecified atom stereocenters. The number of para-hydroxylation sites is 2. The standard InChI is InChI=1S/C17H13NO3S2/c1-21-12-8-6-11(7-9-12)10-15-16(20)18(17(22)23-15)13-4-2-3-5-14(13)19/h2-10,19H,1H3. The maximum Gasteiger partial charge on any atom is 0.270 e. The van der Waals surface area contributed by atoms with Gasteiger partial charge in [0.1, 0.15) is 11.5 Å². The quantitative estimate of drug-likeness (QED) is 0.678. The van der Waals surface area contributed by atoms with Crippen molar-refractivity contribution < 1.29 is 14.6 Å². The van der Waals surface area contributed by atoms with Crippen molar-refractivity contribution >= 4 is 46.0 Å². The summed E-state index contributed by atoms with van der Waals surface area (Å²) in [5.74, 6) is 0.538. The molecule has 0 spiro atoms. The number of rotatable bonds is 3. The third-order valence-electron chi connectivity index (χ3n) is 3.33. The molecular weight excluding hydrogens is 330 g/mol. The summed E-state index contributed by atoms with van der Waals surface area (Å²) in [4.78, 5) is 14.5. The van der Waals surface area contributed by atoms with E-state index in [4.69, 9.17) is 17.0 Å². The van der Waals surface area contributed by atoms with Crippen LogP contribution in [0.4, 0.5) is 5.69 Å². The number of phenols is 1. The van der Waals surface area contributed by atoms with Crippen molar-refractivity contribution in [3.63, 3.8) is 0 Å². The van der Waals surface area contributed by atoms with Crippen molar-refractivity contribution in [1.82, 2.24) is 0 Å². The molecule has 0 saturated carbocycles. The number of thioether (sulfide) groups is 1. The van der Waals surface area contributed by atoms with Crippen LogP contribution >= 0.6 is 24.0 Å². The first-order chi connectivity index (χ1) is 11.1. The number of carbonyl (C=O) groups excluding carboxylic acids is 1. The topological polar surface area (TPSA) is 49.8 Å². The van der Waals surface area contributed by atoms with Gasteiger partial charge in [0, 0.05) is 0 Å². The summed E-state index contributed by atoms with van der Waals surface area (Å²) in [6.07, 6.45) is 1.78. The lowest BCUT2D eigenvalue weighted by Gasteiger charge is -2.15. The Kier molecular flexibility index (Phi) is 4.36. The van der Waals surface area contributed by atoms with Gasteiger partial charge in [0.25, 0.3) is 5.91 Å². The zero-order valence-corrected chi connectivity index (χ0v) is 13.9. The molecule has 1 aliphatic rings. The van der Waals surface area contributed by atoms with Crippen LogP contribution in [-0.4, -0.2) is 22.4 Å². The summed E-state index contributed by atoms with van der Waals surface area (Å²) in [7, 11) is 1.60. The van der Waals surface area contributed by atoms with E-state index in [9.17, 15) is 9.90 Å². The van der Waals surface area contributed by atoms with Gasteiger partial charge >= 0.3 is 0 Å². The monoisotopic (exact) mass is 343 g/mol. The molecule has 3 rings (SSSR count). The number of anilines is 1. The highest BCUT2D eigenvalue weighted by Crippen LogP contribution is 2.39. The van der Waals surface area contributed by atoms with E-state index >= 15 is 0 Å². The Morgan fingerprint density at radius 2 is 1.87 bits per heavy atom. The molecule has 1 saturated heterocycles. The highest BCUT2D eigenvalue weighted by molar-refractivity contribution is 8.27. The average Bonchev–Trinajstić information content (AvgIpc) is 2.83. The second kappa shape index (κ2) is 6.44. The normalized spacial score (nSPS) is 16.2. The number of benzene rings is 2. The summed E-state index contributed by atoms with van der Waals surface area (Å²) in [5, 5.41) is 9.94. The Morgan fingerprint density at radius 3 is 2.52 bits per heavy atom. The molecular formula is C17H13NO3S2. The summed E-state index contributed by atoms with van der Waals surface area (Å²) in [6, 6.07) is 14.0. The van der Waals surface area contributed by atoms with Crippen molar-refractivity contribution in [2.75, 3.05) is 12.0 Å². The van der Waals surface area contributed by atoms with Gasteiger partial charge in [-0.25, -0.2) is 0 Å². The number of carbonyl (C=O) groups is 1. The predicted octanol–water partition coefficient (Wildman–Crippen LogP) is 3.81. The summed E-state index contributed by atoms with van der Waals surface area (Å²) in [5.41, 5.74) is 1.27. The van der Waals surface area contributed by atoms with Crippen LogP contribution < -0.4 is 9.64 Å². The molecule has 2 aromatic carbocycles. The first kappa shape index (κ1) is 15.6. The molecule has 116 valence electrons. The molecule has 0 bridgehead atoms. The number of hydrogen-bond donors (Lipinski definition) is 1. The van der Waals surface area contributed by atoms with Gasteiger partial charge in [-0.2, -0.15) is 0 Å². The van der Waals surface area contributed by atoms with E-state index in [0.29, 0.717) is 14.9 Å². The van der Waals surface area contributed by atoms with Gasteiger partial charge in [-0.3, -0.25) is 9.69 Å². The van der Waals surface area contributed by atoms with Crippen molar-refractivity contribution in [2.24, 2.45) is 0 Å². The van der Waals surface area contributed by atoms with Crippen LogP contribution in [0.3, 0.4) is 0 Å². The molecule has 1 amide bonds. The lowest BCUT2D eigenvalue weighted by Crippen LogP contribution is -2.27. The molecule has 6 heteroatoms. The number of thiocarbonyl (C=S) groups is 1. The molecule has 1 N–H and O–H groups in total. The molecule has 1 heterocycles. The van der Waals surface area contributed by atoms with Crippen LogP contribution in [0, 0.1) is 0 Å². The predicted molar refractivity (Wildman–Crippen MR) is 96.8 cm³/mol. The number of hydrogen-bond acceptors (Lipinski definition) is 5. The van der Waals surface area contributed by atoms with Gasteiger partial charge in [0.15, 0.2) is 4.32 Å². The molecule has 1 fully saturated rings. The third-order valence-corrected chi connectivity index (χ3v) is 4.63. The molecule has 4 nitrogen and oxygen atoms in total. The molecule has 0 atom stereocenters. The lowest BCUT2D eigenvalue weighted by atomic mass is 10.2. The first-order valence-electron chi connectivity index (χ1n) is 6.80. The Balaban J connectivity index is 1.91. The largest absolute Gasteiger partial charge is 0.506 e. The van der Waals surface area contributed by atoms with E-state index in [1.807, 2.05) is 24.3 Å². The van der Waals surface area contributed by atoms with Crippen molar-refractivity contribution in [3.8, 4) is 11.5 Å². The molecule has 0 aliphatic carbocycles. The van der Waals surface area contributed by atoms with Crippen LogP contribution in [0.5, 0.6) is 11.5 Å². The Labute approximate surface area is 143 Å². The maximum atomic E-state index is 12.6. The fourth-order valence-electron chi connectivity index (χ4n) is 2.18. The fourth-order valence-corrected chi connectivity index (χ4v) is 3.47. The molecule has 0 radical (unpaired) electrons. The van der Waals surface area contributed by atoms with Crippen LogP contribution in [0.2, 0.25) is 0 Å². The highest BCUT2D eigenvalue weighted by Gasteiger charge is 2.34. The van der Waals surface area contributed by atoms with Crippen molar-refractivity contribution in [2.45, 2.75) is 0 Å². The molecule has 1 aliphatic heterocycles. The smallest absolute Gasteiger partial charge is 0.270 e. The zero-order valence-electron chi connectivity index (χ0n) is 12.2. The van der Waals surface area contributed by atoms with E-state index in [2.05, 4.69) is 0 Å². The Morgan fingerprint density at radius 1 is 1.17 bits per heavy atom. The number of amides is 1. The fraction of sp³-hybridized carbons (Fsp3) is 0.0588. The number of phenolic OH excluding ortho intramolecular Hbond substituents is 1. The highest BCUT2D eigenvalue weighted by atomic mass is 32.2. The first-order valence-corrected chi connectivity index (χ1v) is 8.02. The summed E-state index contributed by atoms with van der Waals surface area (Å²) < 4.78 is 5.52. The molecule has 23 heavy (non-hydrogen) atoms. The number of nitrogens with zero attached hydrogens (tertiary/aromatic N) is 1. The second-order valence-corrected chi connectivity index (χ2v) is 6.45. The van der Waals surface area contributed by atoms with Crippen molar-refractivity contribution in [3.05, 3.63) is 59.0 Å². The average molecular weight is 343 g/mol. The van der Waals surface area contributed by atoms with Crippen LogP contribution in [-0.2, 0) is 4.79 Å². The SMILES string of the molecule is COc1ccc(C=C2SC(=S)N(c3ccccc3O)C2=O)cc1. The Bertz CT molecular complexity index is 800. The number of ether oxygens (including phenoxy) is 1. The van der Waals surface area contributed by atoms with E-state index in [0.717, 1.165) is 11.3 Å². The molecule has 2 aromatic rings. The summed E-state index contributed by atoms with van der Waals surface area (Å²) >= 11 is 6.50. The minimum Gasteiger partial charge on any atom is -0.506 e. The van der Waals surface area contributed by atoms with Gasteiger partial charge in [-0.15, -0.1) is 0 Å². The lowest BCUT2D eigenvalue weighted by molar-refractivity contribution is -0.113. The van der Waals surface area contributed by atoms with Crippen LogP contribution in [0.15, 0.2) is 53.4 Å². The summed E-state index contributed by atoms with van der Waals surface area (Å²) in [6.45, 7) is 0. The number of methoxy groups -OCH3 is 1. The minimum absolute atomic E-state index is 0.0227. The van der Waals surface area contributed by atoms with Gasteiger partial charge < -0.3 is 9.84 Å². The van der Waals surface area contributed by atoms with E-state index in [1.165, 1.54) is 22.7 Å². The van der Waals surface area contributed by atoms with Gasteiger partial charge in [0.2, 0.25) is 0 Å². The van der Waals surface area contributed by atoms with E-state index < -0.39 is 0 Å². The van der Waals surface area contributed by atoms with Crippen LogP contribution in [0.25, 0.3) is 6.08 Å². The minimum atomic E-state index is -0.239. The van der Waals surface area contributed by atoms with Gasteiger partial charge in [-0.1, -0.05) is 48.2 Å². The van der Waals surface area contributed by atoms with E-state index in [-0.39, 0.29) is 11.7 Å². The maximum absolute atomic E-state index is 12.6. The zero-order chi connectivity index (χ0) is 16.4. The van der Waals surface area contributed by atoms with Gasteiger partial charge in [-0.05, 0) is 35.9 Å². The Hall–Kier alpha value is -2.31. The molecule has 0 aromatic heterocycles. The third kappa shape index (κ3) is 3.09. The van der Waals surface area contributed by atoms with Crippen molar-refractivity contribution in [1.29, 1.82) is 0 Å². The van der Waals surface area contributed by atoms with Gasteiger partial charge in [0.05, 0.1) is 17.7 Å².